The zero-order valence-corrected chi connectivity index (χ0v) is 19.4. The quantitative estimate of drug-likeness (QED) is 0.256. The molecule has 0 aliphatic rings. The second kappa shape index (κ2) is 10.4. The van der Waals surface area contributed by atoms with Gasteiger partial charge in [0, 0.05) is 27.8 Å². The summed E-state index contributed by atoms with van der Waals surface area (Å²) in [4.78, 5) is 35.7. The number of esters is 3. The summed E-state index contributed by atoms with van der Waals surface area (Å²) in [5.74, 6) is -1.26. The van der Waals surface area contributed by atoms with Crippen molar-refractivity contribution in [2.24, 2.45) is 0 Å². The Bertz CT molecular complexity index is 1350. The number of aromatic nitrogens is 2. The average molecular weight is 474 g/mol. The summed E-state index contributed by atoms with van der Waals surface area (Å²) in [5.41, 5.74) is 1.61. The molecule has 0 spiro atoms. The largest absolute Gasteiger partial charge is 0.423 e. The average Bonchev–Trinajstić information content (AvgIpc) is 3.30. The van der Waals surface area contributed by atoms with Gasteiger partial charge in [0.25, 0.3) is 0 Å². The topological polar surface area (TPSA) is 118 Å². The predicted molar refractivity (Wildman–Crippen MR) is 127 cm³/mol. The lowest BCUT2D eigenvalue weighted by molar-refractivity contribution is -0.132. The van der Waals surface area contributed by atoms with Crippen LogP contribution in [-0.4, -0.2) is 28.1 Å². The van der Waals surface area contributed by atoms with Crippen LogP contribution in [0, 0.1) is 0 Å². The minimum absolute atomic E-state index is 0.0102. The van der Waals surface area contributed by atoms with Gasteiger partial charge in [-0.15, -0.1) is 10.2 Å². The van der Waals surface area contributed by atoms with E-state index < -0.39 is 17.9 Å². The first-order valence-electron chi connectivity index (χ1n) is 10.3. The van der Waals surface area contributed by atoms with Gasteiger partial charge >= 0.3 is 17.9 Å². The Morgan fingerprint density at radius 2 is 1.11 bits per heavy atom. The van der Waals surface area contributed by atoms with Crippen molar-refractivity contribution in [1.29, 1.82) is 0 Å². The first-order chi connectivity index (χ1) is 16.5. The van der Waals surface area contributed by atoms with E-state index in [0.717, 1.165) is 0 Å². The molecule has 178 valence electrons. The molecule has 1 aromatic heterocycles. The van der Waals surface area contributed by atoms with Gasteiger partial charge in [0.05, 0.1) is 0 Å². The number of hydrogen-bond donors (Lipinski definition) is 0. The van der Waals surface area contributed by atoms with Crippen molar-refractivity contribution in [1.82, 2.24) is 10.2 Å². The Morgan fingerprint density at radius 1 is 0.657 bits per heavy atom. The smallest absolute Gasteiger partial charge is 0.338 e. The Balaban J connectivity index is 1.88. The van der Waals surface area contributed by atoms with Crippen molar-refractivity contribution in [3.8, 4) is 40.2 Å². The Kier molecular flexibility index (Phi) is 7.40. The van der Waals surface area contributed by atoms with Gasteiger partial charge in [-0.3, -0.25) is 0 Å². The maximum Gasteiger partial charge on any atom is 0.338 e. The maximum absolute atomic E-state index is 12.1. The van der Waals surface area contributed by atoms with Gasteiger partial charge in [-0.05, 0) is 63.2 Å². The van der Waals surface area contributed by atoms with Crippen LogP contribution in [0.3, 0.4) is 0 Å². The molecule has 1 heterocycles. The van der Waals surface area contributed by atoms with Gasteiger partial charge in [-0.25, -0.2) is 14.4 Å². The van der Waals surface area contributed by atoms with E-state index in [4.69, 9.17) is 18.6 Å². The van der Waals surface area contributed by atoms with Crippen LogP contribution in [0.15, 0.2) is 83.3 Å². The molecule has 0 aliphatic heterocycles. The highest BCUT2D eigenvalue weighted by Gasteiger charge is 2.19. The van der Waals surface area contributed by atoms with Gasteiger partial charge in [-0.1, -0.05) is 19.7 Å². The zero-order chi connectivity index (χ0) is 25.7. The van der Waals surface area contributed by atoms with Gasteiger partial charge in [0.15, 0.2) is 11.5 Å². The van der Waals surface area contributed by atoms with E-state index in [9.17, 15) is 14.4 Å². The number of benzene rings is 2. The molecule has 0 N–H and O–H groups in total. The van der Waals surface area contributed by atoms with Gasteiger partial charge in [0.2, 0.25) is 11.8 Å². The number of rotatable bonds is 8. The Hall–Kier alpha value is -4.79. The van der Waals surface area contributed by atoms with Crippen LogP contribution >= 0.6 is 0 Å². The first kappa shape index (κ1) is 24.8. The van der Waals surface area contributed by atoms with Crippen molar-refractivity contribution in [3.63, 3.8) is 0 Å². The highest BCUT2D eigenvalue weighted by molar-refractivity contribution is 5.91. The zero-order valence-electron chi connectivity index (χ0n) is 19.4. The SMILES string of the molecule is C=C(C)C(=O)Oc1ccc(-c2nnc(-c3ccc(OC(=O)C(=C)C)c(OC(=O)C(=C)C)c3)o2)cc1. The van der Waals surface area contributed by atoms with Crippen LogP contribution in [0.25, 0.3) is 22.9 Å². The van der Waals surface area contributed by atoms with Gasteiger partial charge < -0.3 is 18.6 Å². The van der Waals surface area contributed by atoms with Crippen LogP contribution in [0.5, 0.6) is 17.2 Å². The van der Waals surface area contributed by atoms with E-state index in [1.54, 1.807) is 37.3 Å². The van der Waals surface area contributed by atoms with Crippen molar-refractivity contribution in [2.45, 2.75) is 20.8 Å². The van der Waals surface area contributed by atoms with E-state index in [0.29, 0.717) is 16.9 Å². The normalized spacial score (nSPS) is 10.3. The molecular weight excluding hydrogens is 452 g/mol. The minimum Gasteiger partial charge on any atom is -0.423 e. The first-order valence-corrected chi connectivity index (χ1v) is 10.3. The summed E-state index contributed by atoms with van der Waals surface area (Å²) in [7, 11) is 0. The van der Waals surface area contributed by atoms with Crippen molar-refractivity contribution in [3.05, 3.63) is 78.9 Å². The summed E-state index contributed by atoms with van der Waals surface area (Å²) >= 11 is 0. The third-order valence-corrected chi connectivity index (χ3v) is 4.38. The highest BCUT2D eigenvalue weighted by atomic mass is 16.6. The summed E-state index contributed by atoms with van der Waals surface area (Å²) in [6.45, 7) is 15.2. The van der Waals surface area contributed by atoms with E-state index >= 15 is 0 Å². The molecule has 0 aliphatic carbocycles. The molecule has 0 amide bonds. The second-order valence-electron chi connectivity index (χ2n) is 7.61. The second-order valence-corrected chi connectivity index (χ2v) is 7.61. The lowest BCUT2D eigenvalue weighted by atomic mass is 10.2. The lowest BCUT2D eigenvalue weighted by Crippen LogP contribution is -2.12. The molecule has 2 aromatic carbocycles. The molecule has 0 radical (unpaired) electrons. The molecule has 0 bridgehead atoms. The van der Waals surface area contributed by atoms with E-state index in [-0.39, 0.29) is 40.0 Å². The molecule has 0 saturated heterocycles. The summed E-state index contributed by atoms with van der Waals surface area (Å²) in [6.07, 6.45) is 0. The minimum atomic E-state index is -0.701. The third-order valence-electron chi connectivity index (χ3n) is 4.38. The standard InChI is InChI=1S/C26H22N2O7/c1-14(2)24(29)32-19-10-7-17(8-11-19)22-27-28-23(35-22)18-9-12-20(33-25(30)15(3)4)21(13-18)34-26(31)16(5)6/h7-13H,1,3,5H2,2,4,6H3. The van der Waals surface area contributed by atoms with E-state index in [1.807, 2.05) is 0 Å². The number of nitrogens with zero attached hydrogens (tertiary/aromatic N) is 2. The molecule has 0 atom stereocenters. The molecule has 0 unspecified atom stereocenters. The monoisotopic (exact) mass is 474 g/mol. The lowest BCUT2D eigenvalue weighted by Gasteiger charge is -2.11. The fourth-order valence-electron chi connectivity index (χ4n) is 2.50. The summed E-state index contributed by atoms with van der Waals surface area (Å²) < 4.78 is 21.5. The molecule has 9 nitrogen and oxygen atoms in total. The van der Waals surface area contributed by atoms with Crippen LogP contribution in [-0.2, 0) is 14.4 Å². The van der Waals surface area contributed by atoms with Crippen molar-refractivity contribution < 1.29 is 33.0 Å². The fraction of sp³-hybridized carbons (Fsp3) is 0.115. The predicted octanol–water partition coefficient (Wildman–Crippen LogP) is 4.85. The summed E-state index contributed by atoms with van der Waals surface area (Å²) in [6, 6.07) is 10.9. The van der Waals surface area contributed by atoms with Crippen molar-refractivity contribution in [2.75, 3.05) is 0 Å². The van der Waals surface area contributed by atoms with Crippen molar-refractivity contribution >= 4 is 17.9 Å². The van der Waals surface area contributed by atoms with E-state index in [1.165, 1.54) is 26.0 Å². The van der Waals surface area contributed by atoms with Crippen LogP contribution < -0.4 is 14.2 Å². The van der Waals surface area contributed by atoms with Gasteiger partial charge in [0.1, 0.15) is 5.75 Å². The molecule has 0 fully saturated rings. The highest BCUT2D eigenvalue weighted by Crippen LogP contribution is 2.34. The molecule has 9 heteroatoms. The van der Waals surface area contributed by atoms with E-state index in [2.05, 4.69) is 29.9 Å². The molecule has 35 heavy (non-hydrogen) atoms. The number of carbonyl (C=O) groups is 3. The molecule has 3 aromatic rings. The van der Waals surface area contributed by atoms with Crippen LogP contribution in [0.1, 0.15) is 20.8 Å². The number of ether oxygens (including phenoxy) is 3. The molecular formula is C26H22N2O7. The number of hydrogen-bond acceptors (Lipinski definition) is 9. The fourth-order valence-corrected chi connectivity index (χ4v) is 2.50. The number of carbonyl (C=O) groups excluding carboxylic acids is 3. The Labute approximate surface area is 201 Å². The van der Waals surface area contributed by atoms with Crippen LogP contribution in [0.2, 0.25) is 0 Å². The molecule has 0 saturated carbocycles. The Morgan fingerprint density at radius 3 is 1.66 bits per heavy atom. The van der Waals surface area contributed by atoms with Gasteiger partial charge in [-0.2, -0.15) is 0 Å². The third kappa shape index (κ3) is 6.17. The maximum atomic E-state index is 12.1. The summed E-state index contributed by atoms with van der Waals surface area (Å²) in [5, 5.41) is 8.07. The van der Waals surface area contributed by atoms with Crippen LogP contribution in [0.4, 0.5) is 0 Å². The molecule has 3 rings (SSSR count).